The molecule has 0 aliphatic heterocycles. The number of carbonyl (C=O) groups is 1. The number of halogens is 1. The molecule has 6 nitrogen and oxygen atoms in total. The predicted octanol–water partition coefficient (Wildman–Crippen LogP) is 4.57. The average molecular weight is 370 g/mol. The summed E-state index contributed by atoms with van der Waals surface area (Å²) in [4.78, 5) is 16.0. The Hall–Kier alpha value is -3.26. The number of nitrogens with zero attached hydrogens (tertiary/aromatic N) is 2. The van der Waals surface area contributed by atoms with E-state index in [2.05, 4.69) is 25.6 Å². The molecule has 3 aromatic rings. The van der Waals surface area contributed by atoms with Crippen LogP contribution in [0.25, 0.3) is 11.3 Å². The third kappa shape index (κ3) is 4.22. The molecule has 0 unspecified atom stereocenters. The normalized spacial score (nSPS) is 10.7. The van der Waals surface area contributed by atoms with Crippen molar-refractivity contribution in [2.45, 2.75) is 0 Å². The molecule has 0 saturated heterocycles. The first kappa shape index (κ1) is 17.6. The number of anilines is 2. The van der Waals surface area contributed by atoms with E-state index in [9.17, 15) is 9.18 Å². The van der Waals surface area contributed by atoms with Crippen molar-refractivity contribution in [3.05, 3.63) is 66.0 Å². The Morgan fingerprint density at radius 3 is 2.65 bits per heavy atom. The highest BCUT2D eigenvalue weighted by Crippen LogP contribution is 2.35. The molecule has 2 aromatic carbocycles. The molecule has 0 radical (unpaired) electrons. The van der Waals surface area contributed by atoms with E-state index in [1.54, 1.807) is 18.2 Å². The van der Waals surface area contributed by atoms with Crippen LogP contribution in [0.5, 0.6) is 0 Å². The Bertz CT molecular complexity index is 928. The molecule has 0 aliphatic rings. The van der Waals surface area contributed by atoms with Gasteiger partial charge in [-0.1, -0.05) is 59.9 Å². The van der Waals surface area contributed by atoms with Crippen molar-refractivity contribution < 1.29 is 13.9 Å². The van der Waals surface area contributed by atoms with Crippen LogP contribution in [0.15, 0.2) is 59.7 Å². The smallest absolute Gasteiger partial charge is 0.412 e. The molecule has 0 aliphatic carbocycles. The van der Waals surface area contributed by atoms with Crippen LogP contribution in [0.1, 0.15) is 5.56 Å². The van der Waals surface area contributed by atoms with Gasteiger partial charge in [0.05, 0.1) is 13.3 Å². The second kappa shape index (κ2) is 8.21. The van der Waals surface area contributed by atoms with Gasteiger partial charge in [-0.2, -0.15) is 5.10 Å². The lowest BCUT2D eigenvalue weighted by Gasteiger charge is -2.03. The van der Waals surface area contributed by atoms with Crippen LogP contribution in [0, 0.1) is 5.82 Å². The summed E-state index contributed by atoms with van der Waals surface area (Å²) in [5.74, 6) is -0.366. The molecule has 26 heavy (non-hydrogen) atoms. The van der Waals surface area contributed by atoms with Crippen molar-refractivity contribution in [3.8, 4) is 11.3 Å². The number of carbonyl (C=O) groups excluding carboxylic acids is 1. The molecular weight excluding hydrogens is 355 g/mol. The Balaban J connectivity index is 1.84. The van der Waals surface area contributed by atoms with Gasteiger partial charge in [0.2, 0.25) is 5.13 Å². The Labute approximate surface area is 153 Å². The van der Waals surface area contributed by atoms with Gasteiger partial charge in [0.1, 0.15) is 16.5 Å². The zero-order valence-electron chi connectivity index (χ0n) is 13.8. The number of ether oxygens (including phenoxy) is 1. The maximum atomic E-state index is 13.6. The second-order valence-corrected chi connectivity index (χ2v) is 6.07. The van der Waals surface area contributed by atoms with Crippen LogP contribution in [0.2, 0.25) is 0 Å². The molecule has 1 amide bonds. The predicted molar refractivity (Wildman–Crippen MR) is 101 cm³/mol. The highest BCUT2D eigenvalue weighted by atomic mass is 32.1. The Morgan fingerprint density at radius 2 is 1.92 bits per heavy atom. The van der Waals surface area contributed by atoms with Gasteiger partial charge in [-0.15, -0.1) is 0 Å². The van der Waals surface area contributed by atoms with Gasteiger partial charge < -0.3 is 4.74 Å². The number of methoxy groups -OCH3 is 1. The molecule has 1 heterocycles. The summed E-state index contributed by atoms with van der Waals surface area (Å²) in [7, 11) is 1.29. The standard InChI is InChI=1S/C18H15FN4O2S/c1-25-18(24)22-16-15(12-7-3-2-4-8-12)21-17(26-16)23-20-11-13-9-5-6-10-14(13)19/h2-11H,1H3,(H,21,23)(H,22,24)/b20-11-. The van der Waals surface area contributed by atoms with Gasteiger partial charge in [-0.05, 0) is 6.07 Å². The maximum absolute atomic E-state index is 13.6. The number of benzene rings is 2. The Kier molecular flexibility index (Phi) is 5.55. The quantitative estimate of drug-likeness (QED) is 0.509. The van der Waals surface area contributed by atoms with Gasteiger partial charge in [0.15, 0.2) is 0 Å². The van der Waals surface area contributed by atoms with E-state index in [0.717, 1.165) is 5.56 Å². The fourth-order valence-electron chi connectivity index (χ4n) is 2.12. The number of aromatic nitrogens is 1. The zero-order chi connectivity index (χ0) is 18.4. The van der Waals surface area contributed by atoms with Gasteiger partial charge in [0, 0.05) is 11.1 Å². The molecule has 0 saturated carbocycles. The fourth-order valence-corrected chi connectivity index (χ4v) is 2.95. The zero-order valence-corrected chi connectivity index (χ0v) is 14.6. The summed E-state index contributed by atoms with van der Waals surface area (Å²) in [6, 6.07) is 15.7. The summed E-state index contributed by atoms with van der Waals surface area (Å²) < 4.78 is 18.2. The summed E-state index contributed by atoms with van der Waals surface area (Å²) in [6.07, 6.45) is 0.777. The van der Waals surface area contributed by atoms with Crippen LogP contribution in [0.4, 0.5) is 19.3 Å². The van der Waals surface area contributed by atoms with Gasteiger partial charge >= 0.3 is 6.09 Å². The van der Waals surface area contributed by atoms with Gasteiger partial charge in [-0.25, -0.2) is 14.2 Å². The van der Waals surface area contributed by atoms with Crippen LogP contribution in [-0.4, -0.2) is 24.4 Å². The number of hydrazone groups is 1. The molecule has 8 heteroatoms. The Morgan fingerprint density at radius 1 is 1.19 bits per heavy atom. The van der Waals surface area contributed by atoms with Crippen LogP contribution in [0.3, 0.4) is 0 Å². The van der Waals surface area contributed by atoms with Crippen molar-refractivity contribution in [2.75, 3.05) is 17.9 Å². The molecular formula is C18H15FN4O2S. The van der Waals surface area contributed by atoms with E-state index >= 15 is 0 Å². The maximum Gasteiger partial charge on any atom is 0.412 e. The first-order valence-electron chi connectivity index (χ1n) is 7.62. The third-order valence-corrected chi connectivity index (χ3v) is 4.22. The van der Waals surface area contributed by atoms with Crippen molar-refractivity contribution >= 4 is 33.8 Å². The van der Waals surface area contributed by atoms with Crippen molar-refractivity contribution in [1.29, 1.82) is 0 Å². The van der Waals surface area contributed by atoms with Crippen LogP contribution < -0.4 is 10.7 Å². The second-order valence-electron chi connectivity index (χ2n) is 5.07. The monoisotopic (exact) mass is 370 g/mol. The van der Waals surface area contributed by atoms with Crippen LogP contribution >= 0.6 is 11.3 Å². The van der Waals surface area contributed by atoms with Gasteiger partial charge in [-0.3, -0.25) is 10.7 Å². The van der Waals surface area contributed by atoms with E-state index in [-0.39, 0.29) is 5.82 Å². The van der Waals surface area contributed by atoms with Gasteiger partial charge in [0.25, 0.3) is 0 Å². The average Bonchev–Trinajstić information content (AvgIpc) is 3.06. The van der Waals surface area contributed by atoms with E-state index in [1.165, 1.54) is 30.7 Å². The van der Waals surface area contributed by atoms with Crippen molar-refractivity contribution in [1.82, 2.24) is 4.98 Å². The highest BCUT2D eigenvalue weighted by Gasteiger charge is 2.15. The summed E-state index contributed by atoms with van der Waals surface area (Å²) in [5.41, 5.74) is 4.54. The minimum absolute atomic E-state index is 0.354. The van der Waals surface area contributed by atoms with E-state index in [4.69, 9.17) is 0 Å². The molecule has 1 aromatic heterocycles. The highest BCUT2D eigenvalue weighted by molar-refractivity contribution is 7.20. The number of hydrogen-bond donors (Lipinski definition) is 2. The summed E-state index contributed by atoms with van der Waals surface area (Å²) >= 11 is 1.20. The molecule has 2 N–H and O–H groups in total. The van der Waals surface area contributed by atoms with E-state index < -0.39 is 6.09 Å². The van der Waals surface area contributed by atoms with E-state index in [1.807, 2.05) is 30.3 Å². The number of amides is 1. The topological polar surface area (TPSA) is 75.6 Å². The molecule has 3 rings (SSSR count). The number of hydrogen-bond acceptors (Lipinski definition) is 6. The summed E-state index contributed by atoms with van der Waals surface area (Å²) in [6.45, 7) is 0. The van der Waals surface area contributed by atoms with E-state index in [0.29, 0.717) is 21.4 Å². The summed E-state index contributed by atoms with van der Waals surface area (Å²) in [5, 5.41) is 7.62. The molecule has 132 valence electrons. The van der Waals surface area contributed by atoms with Crippen molar-refractivity contribution in [3.63, 3.8) is 0 Å². The number of nitrogens with one attached hydrogen (secondary N) is 2. The van der Waals surface area contributed by atoms with Crippen LogP contribution in [-0.2, 0) is 4.74 Å². The molecule has 0 atom stereocenters. The third-order valence-electron chi connectivity index (χ3n) is 3.34. The largest absolute Gasteiger partial charge is 0.453 e. The first-order chi connectivity index (χ1) is 12.7. The lowest BCUT2D eigenvalue weighted by atomic mass is 10.2. The lowest BCUT2D eigenvalue weighted by molar-refractivity contribution is 0.187. The number of rotatable bonds is 5. The number of thiazole rings is 1. The minimum Gasteiger partial charge on any atom is -0.453 e. The SMILES string of the molecule is COC(=O)Nc1sc(N/N=C\c2ccccc2F)nc1-c1ccccc1. The lowest BCUT2D eigenvalue weighted by Crippen LogP contribution is -2.10. The molecule has 0 bridgehead atoms. The molecule has 0 fully saturated rings. The first-order valence-corrected chi connectivity index (χ1v) is 8.44. The molecule has 0 spiro atoms. The minimum atomic E-state index is -0.591. The van der Waals surface area contributed by atoms with Crippen molar-refractivity contribution in [2.24, 2.45) is 5.10 Å². The fraction of sp³-hybridized carbons (Fsp3) is 0.0556.